The maximum Gasteiger partial charge on any atom is 0.286 e. The first-order valence-corrected chi connectivity index (χ1v) is 10.5. The van der Waals surface area contributed by atoms with Crippen LogP contribution in [0.3, 0.4) is 0 Å². The van der Waals surface area contributed by atoms with E-state index in [1.54, 1.807) is 18.2 Å². The molecule has 5 nitrogen and oxygen atoms in total. The fraction of sp³-hybridized carbons (Fsp3) is 0.136. The molecule has 0 bridgehead atoms. The first-order chi connectivity index (χ1) is 13.5. The Labute approximate surface area is 165 Å². The van der Waals surface area contributed by atoms with Gasteiger partial charge in [0.15, 0.2) is 0 Å². The highest BCUT2D eigenvalue weighted by atomic mass is 32.2. The molecular formula is C22H21N3O2S. The van der Waals surface area contributed by atoms with Gasteiger partial charge in [0.1, 0.15) is 10.7 Å². The quantitative estimate of drug-likeness (QED) is 0.714. The van der Waals surface area contributed by atoms with Crippen LogP contribution in [0.4, 0.5) is 5.69 Å². The van der Waals surface area contributed by atoms with Gasteiger partial charge < -0.3 is 5.32 Å². The zero-order valence-electron chi connectivity index (χ0n) is 15.5. The third-order valence-corrected chi connectivity index (χ3v) is 5.98. The number of para-hydroxylation sites is 1. The van der Waals surface area contributed by atoms with Crippen molar-refractivity contribution in [3.63, 3.8) is 0 Å². The van der Waals surface area contributed by atoms with E-state index in [0.717, 1.165) is 5.56 Å². The Hall–Kier alpha value is -2.96. The van der Waals surface area contributed by atoms with Gasteiger partial charge in [-0.25, -0.2) is 0 Å². The molecule has 0 saturated heterocycles. The third kappa shape index (κ3) is 3.98. The van der Waals surface area contributed by atoms with Crippen molar-refractivity contribution >= 4 is 21.5 Å². The van der Waals surface area contributed by atoms with Gasteiger partial charge in [0.2, 0.25) is 0 Å². The minimum Gasteiger partial charge on any atom is -0.341 e. The summed E-state index contributed by atoms with van der Waals surface area (Å²) in [6.07, 6.45) is 0. The second-order valence-corrected chi connectivity index (χ2v) is 8.44. The molecule has 4 rings (SSSR count). The lowest BCUT2D eigenvalue weighted by molar-refractivity contribution is 0.374. The maximum absolute atomic E-state index is 12.3. The van der Waals surface area contributed by atoms with Crippen molar-refractivity contribution in [2.24, 2.45) is 4.40 Å². The second kappa shape index (κ2) is 7.58. The fourth-order valence-electron chi connectivity index (χ4n) is 3.29. The lowest BCUT2D eigenvalue weighted by atomic mass is 10.0. The number of hydrogen-bond acceptors (Lipinski definition) is 4. The van der Waals surface area contributed by atoms with Gasteiger partial charge in [-0.3, -0.25) is 4.90 Å². The van der Waals surface area contributed by atoms with Crippen LogP contribution in [-0.2, 0) is 16.6 Å². The molecule has 0 radical (unpaired) electrons. The van der Waals surface area contributed by atoms with Crippen molar-refractivity contribution < 1.29 is 8.42 Å². The lowest BCUT2D eigenvalue weighted by Crippen LogP contribution is -2.33. The van der Waals surface area contributed by atoms with Gasteiger partial charge in [-0.05, 0) is 35.9 Å². The van der Waals surface area contributed by atoms with E-state index in [1.807, 2.05) is 36.2 Å². The molecule has 0 aliphatic carbocycles. The summed E-state index contributed by atoms with van der Waals surface area (Å²) in [6, 6.07) is 25.5. The minimum absolute atomic E-state index is 0.220. The third-order valence-electron chi connectivity index (χ3n) is 4.61. The molecule has 0 spiro atoms. The van der Waals surface area contributed by atoms with Gasteiger partial charge in [-0.2, -0.15) is 8.42 Å². The van der Waals surface area contributed by atoms with E-state index in [1.165, 1.54) is 11.1 Å². The Bertz CT molecular complexity index is 1110. The Morgan fingerprint density at radius 2 is 1.46 bits per heavy atom. The first-order valence-electron chi connectivity index (χ1n) is 9.04. The number of benzene rings is 3. The molecule has 3 aromatic rings. The van der Waals surface area contributed by atoms with E-state index >= 15 is 0 Å². The second-order valence-electron chi connectivity index (χ2n) is 6.87. The lowest BCUT2D eigenvalue weighted by Gasteiger charge is -2.22. The standard InChI is InChI=1S/C22H21N3O2S/c1-25(15-17-11-13-19(14-12-17)18-7-3-2-4-8-18)16-22-23-20-9-5-6-10-21(20)28(26,27)24-22/h2-14H,15-16H2,1H3,(H,23,24). The molecule has 0 unspecified atom stereocenters. The smallest absolute Gasteiger partial charge is 0.286 e. The normalized spacial score (nSPS) is 14.9. The average Bonchev–Trinajstić information content (AvgIpc) is 2.69. The van der Waals surface area contributed by atoms with E-state index in [-0.39, 0.29) is 4.90 Å². The zero-order valence-corrected chi connectivity index (χ0v) is 16.4. The molecule has 1 aliphatic heterocycles. The number of hydrogen-bond donors (Lipinski definition) is 1. The number of likely N-dealkylation sites (N-methyl/N-ethyl adjacent to an activating group) is 1. The van der Waals surface area contributed by atoms with Crippen molar-refractivity contribution in [3.05, 3.63) is 84.4 Å². The molecule has 0 aromatic heterocycles. The number of anilines is 1. The van der Waals surface area contributed by atoms with E-state index in [4.69, 9.17) is 0 Å². The van der Waals surface area contributed by atoms with E-state index in [2.05, 4.69) is 46.1 Å². The molecule has 0 saturated carbocycles. The van der Waals surface area contributed by atoms with Gasteiger partial charge in [0.25, 0.3) is 10.0 Å². The first kappa shape index (κ1) is 18.4. The summed E-state index contributed by atoms with van der Waals surface area (Å²) in [5.41, 5.74) is 4.09. The van der Waals surface area contributed by atoms with Crippen LogP contribution in [0.2, 0.25) is 0 Å². The predicted octanol–water partition coefficient (Wildman–Crippen LogP) is 4.00. The van der Waals surface area contributed by atoms with E-state index in [9.17, 15) is 8.42 Å². The van der Waals surface area contributed by atoms with Crippen LogP contribution >= 0.6 is 0 Å². The molecule has 1 N–H and O–H groups in total. The molecular weight excluding hydrogens is 370 g/mol. The number of sulfonamides is 1. The summed E-state index contributed by atoms with van der Waals surface area (Å²) in [4.78, 5) is 2.25. The molecule has 1 heterocycles. The monoisotopic (exact) mass is 391 g/mol. The van der Waals surface area contributed by atoms with Gasteiger partial charge >= 0.3 is 0 Å². The molecule has 0 amide bonds. The van der Waals surface area contributed by atoms with Crippen LogP contribution in [0.25, 0.3) is 11.1 Å². The summed E-state index contributed by atoms with van der Waals surface area (Å²) in [5, 5.41) is 3.13. The van der Waals surface area contributed by atoms with Crippen molar-refractivity contribution in [1.29, 1.82) is 0 Å². The SMILES string of the molecule is CN(CC1=NS(=O)(=O)c2ccccc2N1)Cc1ccc(-c2ccccc2)cc1. The predicted molar refractivity (Wildman–Crippen MR) is 113 cm³/mol. The van der Waals surface area contributed by atoms with E-state index in [0.29, 0.717) is 24.6 Å². The van der Waals surface area contributed by atoms with Gasteiger partial charge in [-0.1, -0.05) is 66.7 Å². The Kier molecular flexibility index (Phi) is 4.98. The largest absolute Gasteiger partial charge is 0.341 e. The molecule has 142 valence electrons. The summed E-state index contributed by atoms with van der Waals surface area (Å²) in [6.45, 7) is 1.10. The molecule has 0 atom stereocenters. The van der Waals surface area contributed by atoms with Crippen LogP contribution in [0.15, 0.2) is 88.2 Å². The number of rotatable bonds is 5. The molecule has 1 aliphatic rings. The maximum atomic E-state index is 12.3. The highest BCUT2D eigenvalue weighted by Crippen LogP contribution is 2.26. The van der Waals surface area contributed by atoms with Gasteiger partial charge in [0.05, 0.1) is 12.2 Å². The van der Waals surface area contributed by atoms with E-state index < -0.39 is 10.0 Å². The van der Waals surface area contributed by atoms with Crippen LogP contribution in [-0.4, -0.2) is 32.7 Å². The van der Waals surface area contributed by atoms with Crippen LogP contribution in [0.1, 0.15) is 5.56 Å². The Morgan fingerprint density at radius 3 is 2.21 bits per heavy atom. The Morgan fingerprint density at radius 1 is 0.821 bits per heavy atom. The molecule has 6 heteroatoms. The van der Waals surface area contributed by atoms with Crippen molar-refractivity contribution in [1.82, 2.24) is 4.90 Å². The van der Waals surface area contributed by atoms with Crippen LogP contribution in [0, 0.1) is 0 Å². The summed E-state index contributed by atoms with van der Waals surface area (Å²) in [7, 11) is -1.70. The molecule has 0 fully saturated rings. The molecule has 28 heavy (non-hydrogen) atoms. The van der Waals surface area contributed by atoms with Crippen molar-refractivity contribution in [2.75, 3.05) is 18.9 Å². The summed E-state index contributed by atoms with van der Waals surface area (Å²) >= 11 is 0. The Balaban J connectivity index is 1.44. The van der Waals surface area contributed by atoms with Crippen molar-refractivity contribution in [3.8, 4) is 11.1 Å². The average molecular weight is 391 g/mol. The number of fused-ring (bicyclic) bond motifs is 1. The fourth-order valence-corrected chi connectivity index (χ4v) is 4.43. The summed E-state index contributed by atoms with van der Waals surface area (Å²) in [5.74, 6) is 0.433. The highest BCUT2D eigenvalue weighted by molar-refractivity contribution is 7.90. The van der Waals surface area contributed by atoms with Crippen molar-refractivity contribution in [2.45, 2.75) is 11.4 Å². The molecule has 3 aromatic carbocycles. The number of nitrogens with zero attached hydrogens (tertiary/aromatic N) is 2. The minimum atomic E-state index is -3.65. The van der Waals surface area contributed by atoms with Crippen LogP contribution < -0.4 is 5.32 Å². The van der Waals surface area contributed by atoms with Crippen LogP contribution in [0.5, 0.6) is 0 Å². The summed E-state index contributed by atoms with van der Waals surface area (Å²) < 4.78 is 28.6. The topological polar surface area (TPSA) is 61.8 Å². The van der Waals surface area contributed by atoms with Gasteiger partial charge in [0, 0.05) is 6.54 Å². The number of amidine groups is 1. The van der Waals surface area contributed by atoms with Gasteiger partial charge in [-0.15, -0.1) is 4.40 Å². The highest BCUT2D eigenvalue weighted by Gasteiger charge is 2.24. The zero-order chi connectivity index (χ0) is 19.6. The number of nitrogens with one attached hydrogen (secondary N) is 1.